The molecule has 0 saturated carbocycles. The number of carbonyl (C=O) groups is 1. The summed E-state index contributed by atoms with van der Waals surface area (Å²) < 4.78 is 1.20. The summed E-state index contributed by atoms with van der Waals surface area (Å²) in [6.07, 6.45) is 1.21. The lowest BCUT2D eigenvalue weighted by Gasteiger charge is -2.13. The molecule has 0 bridgehead atoms. The molecule has 0 fully saturated rings. The normalized spacial score (nSPS) is 10.4. The minimum Gasteiger partial charge on any atom is -0.477 e. The SMILES string of the molecule is CN(C)c1ccc(Cn2c(C(=O)O)c[nH]c2=O)cc1. The van der Waals surface area contributed by atoms with Gasteiger partial charge in [0.15, 0.2) is 0 Å². The number of nitrogens with one attached hydrogen (secondary N) is 1. The van der Waals surface area contributed by atoms with E-state index in [0.29, 0.717) is 0 Å². The number of H-pyrrole nitrogens is 1. The lowest BCUT2D eigenvalue weighted by atomic mass is 10.2. The third kappa shape index (κ3) is 2.67. The molecule has 6 heteroatoms. The van der Waals surface area contributed by atoms with Crippen LogP contribution in [0, 0.1) is 0 Å². The Kier molecular flexibility index (Phi) is 3.41. The predicted octanol–water partition coefficient (Wildman–Crippen LogP) is 0.989. The van der Waals surface area contributed by atoms with Crippen molar-refractivity contribution < 1.29 is 9.90 Å². The molecule has 0 aliphatic heterocycles. The average Bonchev–Trinajstić information content (AvgIpc) is 2.72. The van der Waals surface area contributed by atoms with Gasteiger partial charge in [0, 0.05) is 26.0 Å². The number of hydrogen-bond donors (Lipinski definition) is 2. The summed E-state index contributed by atoms with van der Waals surface area (Å²) in [5.41, 5.74) is 1.45. The van der Waals surface area contributed by atoms with Crippen molar-refractivity contribution in [3.8, 4) is 0 Å². The minimum atomic E-state index is -1.12. The predicted molar refractivity (Wildman–Crippen MR) is 71.9 cm³/mol. The summed E-state index contributed by atoms with van der Waals surface area (Å²) >= 11 is 0. The number of aromatic nitrogens is 2. The van der Waals surface area contributed by atoms with E-state index in [-0.39, 0.29) is 12.2 Å². The van der Waals surface area contributed by atoms with Crippen molar-refractivity contribution >= 4 is 11.7 Å². The van der Waals surface area contributed by atoms with Gasteiger partial charge >= 0.3 is 11.7 Å². The Labute approximate surface area is 109 Å². The van der Waals surface area contributed by atoms with E-state index < -0.39 is 11.7 Å². The standard InChI is InChI=1S/C13H15N3O3/c1-15(2)10-5-3-9(4-6-10)8-16-11(12(17)18)7-14-13(16)19/h3-7H,8H2,1-2H3,(H,14,19)(H,17,18). The van der Waals surface area contributed by atoms with Gasteiger partial charge in [0.05, 0.1) is 6.54 Å². The number of anilines is 1. The third-order valence-corrected chi connectivity index (χ3v) is 2.88. The second-order valence-electron chi connectivity index (χ2n) is 4.43. The first kappa shape index (κ1) is 12.9. The highest BCUT2D eigenvalue weighted by Crippen LogP contribution is 2.13. The molecule has 0 unspecified atom stereocenters. The van der Waals surface area contributed by atoms with Gasteiger partial charge < -0.3 is 15.0 Å². The number of nitrogens with zero attached hydrogens (tertiary/aromatic N) is 2. The molecule has 0 radical (unpaired) electrons. The van der Waals surface area contributed by atoms with Gasteiger partial charge in [0.2, 0.25) is 0 Å². The van der Waals surface area contributed by atoms with Crippen LogP contribution in [0.5, 0.6) is 0 Å². The average molecular weight is 261 g/mol. The molecule has 0 spiro atoms. The maximum Gasteiger partial charge on any atom is 0.354 e. The Morgan fingerprint density at radius 1 is 1.32 bits per heavy atom. The third-order valence-electron chi connectivity index (χ3n) is 2.88. The van der Waals surface area contributed by atoms with Crippen molar-refractivity contribution in [2.24, 2.45) is 0 Å². The Hall–Kier alpha value is -2.50. The summed E-state index contributed by atoms with van der Waals surface area (Å²) in [5.74, 6) is -1.12. The van der Waals surface area contributed by atoms with Gasteiger partial charge in [-0.3, -0.25) is 4.57 Å². The molecular formula is C13H15N3O3. The van der Waals surface area contributed by atoms with Crippen LogP contribution in [0.15, 0.2) is 35.3 Å². The van der Waals surface area contributed by atoms with Crippen LogP contribution in [0.3, 0.4) is 0 Å². The lowest BCUT2D eigenvalue weighted by molar-refractivity contribution is 0.0685. The zero-order valence-corrected chi connectivity index (χ0v) is 10.8. The monoisotopic (exact) mass is 261 g/mol. The maximum atomic E-state index is 11.6. The van der Waals surface area contributed by atoms with Gasteiger partial charge in [0.25, 0.3) is 0 Å². The zero-order chi connectivity index (χ0) is 14.0. The highest BCUT2D eigenvalue weighted by Gasteiger charge is 2.13. The van der Waals surface area contributed by atoms with E-state index in [2.05, 4.69) is 4.98 Å². The number of benzene rings is 1. The number of carboxylic acid groups (broad SMARTS) is 1. The van der Waals surface area contributed by atoms with Crippen LogP contribution in [-0.2, 0) is 6.54 Å². The molecule has 0 saturated heterocycles. The summed E-state index contributed by atoms with van der Waals surface area (Å²) in [5, 5.41) is 8.99. The molecule has 0 aliphatic carbocycles. The second-order valence-corrected chi connectivity index (χ2v) is 4.43. The van der Waals surface area contributed by atoms with Gasteiger partial charge in [-0.05, 0) is 17.7 Å². The molecule has 1 aromatic carbocycles. The fraction of sp³-hybridized carbons (Fsp3) is 0.231. The largest absolute Gasteiger partial charge is 0.477 e. The first-order valence-corrected chi connectivity index (χ1v) is 5.77. The van der Waals surface area contributed by atoms with Gasteiger partial charge in [-0.2, -0.15) is 0 Å². The summed E-state index contributed by atoms with van der Waals surface area (Å²) in [4.78, 5) is 26.9. The minimum absolute atomic E-state index is 0.0401. The molecule has 2 N–H and O–H groups in total. The highest BCUT2D eigenvalue weighted by atomic mass is 16.4. The lowest BCUT2D eigenvalue weighted by Crippen LogP contribution is -2.21. The van der Waals surface area contributed by atoms with Crippen molar-refractivity contribution in [2.45, 2.75) is 6.54 Å². The number of aromatic carboxylic acids is 1. The van der Waals surface area contributed by atoms with E-state index in [9.17, 15) is 9.59 Å². The molecule has 1 heterocycles. The van der Waals surface area contributed by atoms with Crippen molar-refractivity contribution in [2.75, 3.05) is 19.0 Å². The van der Waals surface area contributed by atoms with Gasteiger partial charge in [0.1, 0.15) is 5.69 Å². The molecule has 100 valence electrons. The van der Waals surface area contributed by atoms with Gasteiger partial charge in [-0.15, -0.1) is 0 Å². The molecule has 2 aromatic rings. The van der Waals surface area contributed by atoms with Crippen LogP contribution in [-0.4, -0.2) is 34.7 Å². The fourth-order valence-electron chi connectivity index (χ4n) is 1.81. The van der Waals surface area contributed by atoms with Crippen LogP contribution >= 0.6 is 0 Å². The summed E-state index contributed by atoms with van der Waals surface area (Å²) in [6.45, 7) is 0.234. The molecule has 0 atom stereocenters. The number of carboxylic acids is 1. The van der Waals surface area contributed by atoms with Crippen molar-refractivity contribution in [1.82, 2.24) is 9.55 Å². The van der Waals surface area contributed by atoms with Crippen molar-refractivity contribution in [1.29, 1.82) is 0 Å². The second kappa shape index (κ2) is 5.01. The highest BCUT2D eigenvalue weighted by molar-refractivity contribution is 5.85. The molecule has 2 rings (SSSR count). The fourth-order valence-corrected chi connectivity index (χ4v) is 1.81. The maximum absolute atomic E-state index is 11.6. The van der Waals surface area contributed by atoms with Crippen LogP contribution < -0.4 is 10.6 Å². The topological polar surface area (TPSA) is 78.3 Å². The van der Waals surface area contributed by atoms with E-state index in [1.807, 2.05) is 43.3 Å². The van der Waals surface area contributed by atoms with E-state index in [1.54, 1.807) is 0 Å². The quantitative estimate of drug-likeness (QED) is 0.860. The number of imidazole rings is 1. The van der Waals surface area contributed by atoms with E-state index in [4.69, 9.17) is 5.11 Å². The molecule has 19 heavy (non-hydrogen) atoms. The number of rotatable bonds is 4. The van der Waals surface area contributed by atoms with E-state index in [1.165, 1.54) is 10.8 Å². The Morgan fingerprint density at radius 2 is 1.95 bits per heavy atom. The van der Waals surface area contributed by atoms with Crippen LogP contribution in [0.4, 0.5) is 5.69 Å². The molecular weight excluding hydrogens is 246 g/mol. The number of hydrogen-bond acceptors (Lipinski definition) is 3. The van der Waals surface area contributed by atoms with Crippen LogP contribution in [0.2, 0.25) is 0 Å². The molecule has 0 amide bonds. The van der Waals surface area contributed by atoms with E-state index in [0.717, 1.165) is 11.3 Å². The first-order chi connectivity index (χ1) is 8.99. The Morgan fingerprint density at radius 3 is 2.47 bits per heavy atom. The van der Waals surface area contributed by atoms with Gasteiger partial charge in [-0.1, -0.05) is 12.1 Å². The number of aromatic amines is 1. The summed E-state index contributed by atoms with van der Waals surface area (Å²) in [7, 11) is 3.88. The van der Waals surface area contributed by atoms with Gasteiger partial charge in [-0.25, -0.2) is 9.59 Å². The molecule has 6 nitrogen and oxygen atoms in total. The van der Waals surface area contributed by atoms with E-state index >= 15 is 0 Å². The van der Waals surface area contributed by atoms with Crippen molar-refractivity contribution in [3.05, 3.63) is 52.2 Å². The Bertz CT molecular complexity index is 638. The smallest absolute Gasteiger partial charge is 0.354 e. The molecule has 1 aromatic heterocycles. The molecule has 0 aliphatic rings. The summed E-state index contributed by atoms with van der Waals surface area (Å²) in [6, 6.07) is 7.60. The van der Waals surface area contributed by atoms with Crippen LogP contribution in [0.25, 0.3) is 0 Å². The first-order valence-electron chi connectivity index (χ1n) is 5.77. The van der Waals surface area contributed by atoms with Crippen molar-refractivity contribution in [3.63, 3.8) is 0 Å². The van der Waals surface area contributed by atoms with Crippen LogP contribution in [0.1, 0.15) is 16.1 Å². The zero-order valence-electron chi connectivity index (χ0n) is 10.8. The Balaban J connectivity index is 2.29.